The van der Waals surface area contributed by atoms with Gasteiger partial charge in [-0.05, 0) is 0 Å². The van der Waals surface area contributed by atoms with Crippen LogP contribution >= 0.6 is 0 Å². The summed E-state index contributed by atoms with van der Waals surface area (Å²) in [7, 11) is 1.78. The average Bonchev–Trinajstić information content (AvgIpc) is 2.06. The predicted molar refractivity (Wildman–Crippen MR) is 50.8 cm³/mol. The Bertz CT molecular complexity index is 147. The normalized spacial score (nSPS) is 24.0. The van der Waals surface area contributed by atoms with E-state index in [2.05, 4.69) is 23.2 Å². The molecule has 1 atom stereocenters. The second-order valence-corrected chi connectivity index (χ2v) is 2.89. The van der Waals surface area contributed by atoms with E-state index in [4.69, 9.17) is 0 Å². The van der Waals surface area contributed by atoms with Crippen LogP contribution in [0.3, 0.4) is 0 Å². The summed E-state index contributed by atoms with van der Waals surface area (Å²) >= 11 is 0. The molecule has 0 aromatic carbocycles. The molecule has 0 amide bonds. The fourth-order valence-electron chi connectivity index (χ4n) is 1.47. The maximum atomic E-state index is 3.75. The fraction of sp³-hybridized carbons (Fsp3) is 0.625. The Hall–Kier alpha value is -0.725. The molecule has 0 bridgehead atoms. The zero-order valence-corrected chi connectivity index (χ0v) is 6.92. The van der Waals surface area contributed by atoms with E-state index < -0.39 is 0 Å². The predicted octanol–water partition coefficient (Wildman–Crippen LogP) is 0.235. The molecular formula is C8H15BN2. The number of nitrogens with zero attached hydrogens (tertiary/aromatic N) is 1. The number of rotatable bonds is 3. The summed E-state index contributed by atoms with van der Waals surface area (Å²) in [4.78, 5) is 2.24. The van der Waals surface area contributed by atoms with Crippen LogP contribution in [0, 0.1) is 0 Å². The first-order valence-electron chi connectivity index (χ1n) is 4.10. The van der Waals surface area contributed by atoms with Crippen LogP contribution in [0.4, 0.5) is 0 Å². The van der Waals surface area contributed by atoms with Gasteiger partial charge in [-0.2, -0.15) is 0 Å². The van der Waals surface area contributed by atoms with E-state index in [-0.39, 0.29) is 0 Å². The van der Waals surface area contributed by atoms with Crippen molar-refractivity contribution in [3.63, 3.8) is 0 Å². The molecule has 1 aliphatic heterocycles. The second kappa shape index (κ2) is 4.22. The molecule has 2 nitrogen and oxygen atoms in total. The third-order valence-corrected chi connectivity index (χ3v) is 2.06. The summed E-state index contributed by atoms with van der Waals surface area (Å²) in [6.45, 7) is 9.62. The molecule has 0 aliphatic carbocycles. The molecule has 1 unspecified atom stereocenters. The molecule has 1 saturated heterocycles. The Kier molecular flexibility index (Phi) is 3.21. The zero-order valence-electron chi connectivity index (χ0n) is 6.92. The van der Waals surface area contributed by atoms with E-state index in [0.717, 1.165) is 13.1 Å². The van der Waals surface area contributed by atoms with E-state index in [1.165, 1.54) is 12.8 Å². The molecule has 1 aliphatic rings. The number of hydrogen-bond acceptors (Lipinski definition) is 2. The quantitative estimate of drug-likeness (QED) is 0.579. The minimum absolute atomic E-state index is 0.569. The van der Waals surface area contributed by atoms with E-state index in [1.54, 1.807) is 7.06 Å². The number of piperidine rings is 1. The summed E-state index contributed by atoms with van der Waals surface area (Å²) in [5.41, 5.74) is 0. The molecule has 11 heavy (non-hydrogen) atoms. The van der Waals surface area contributed by atoms with Gasteiger partial charge in [-0.25, -0.2) is 0 Å². The van der Waals surface area contributed by atoms with E-state index in [9.17, 15) is 0 Å². The molecule has 0 saturated carbocycles. The van der Waals surface area contributed by atoms with Crippen LogP contribution in [-0.2, 0) is 0 Å². The van der Waals surface area contributed by atoms with Gasteiger partial charge in [0.1, 0.15) is 0 Å². The average molecular weight is 150 g/mol. The van der Waals surface area contributed by atoms with Crippen molar-refractivity contribution in [3.05, 3.63) is 12.8 Å². The molecule has 0 radical (unpaired) electrons. The van der Waals surface area contributed by atoms with Crippen molar-refractivity contribution in [2.45, 2.75) is 18.9 Å². The standard InChI is InChI=1S/C8H15BN2/c1-3-11-6-4-5-8(7-11)10-9-2/h3,8,10H,1-2,4-7H2. The summed E-state index contributed by atoms with van der Waals surface area (Å²) in [5.74, 6) is 0. The molecule has 1 rings (SSSR count). The van der Waals surface area contributed by atoms with E-state index >= 15 is 0 Å². The van der Waals surface area contributed by atoms with Gasteiger partial charge in [0.2, 0.25) is 0 Å². The third-order valence-electron chi connectivity index (χ3n) is 2.06. The maximum absolute atomic E-state index is 3.75. The molecule has 60 valence electrons. The summed E-state index contributed by atoms with van der Waals surface area (Å²) in [5, 5.41) is 3.22. The molecule has 1 fully saturated rings. The van der Waals surface area contributed by atoms with Gasteiger partial charge in [0.05, 0.1) is 0 Å². The fourth-order valence-corrected chi connectivity index (χ4v) is 1.47. The van der Waals surface area contributed by atoms with Gasteiger partial charge < -0.3 is 0 Å². The van der Waals surface area contributed by atoms with Crippen molar-refractivity contribution in [2.24, 2.45) is 0 Å². The molecule has 1 heterocycles. The van der Waals surface area contributed by atoms with Crippen LogP contribution in [0.25, 0.3) is 0 Å². The van der Waals surface area contributed by atoms with E-state index in [0.29, 0.717) is 6.04 Å². The van der Waals surface area contributed by atoms with Crippen LogP contribution in [0.15, 0.2) is 12.8 Å². The van der Waals surface area contributed by atoms with Gasteiger partial charge in [0.15, 0.2) is 0 Å². The van der Waals surface area contributed by atoms with Gasteiger partial charge >= 0.3 is 68.4 Å². The topological polar surface area (TPSA) is 15.3 Å². The van der Waals surface area contributed by atoms with Crippen molar-refractivity contribution in [3.8, 4) is 0 Å². The van der Waals surface area contributed by atoms with Crippen molar-refractivity contribution in [1.82, 2.24) is 10.1 Å². The third kappa shape index (κ3) is 2.41. The van der Waals surface area contributed by atoms with Crippen molar-refractivity contribution < 1.29 is 0 Å². The number of hydrogen-bond donors (Lipinski definition) is 1. The molecule has 3 heteroatoms. The van der Waals surface area contributed by atoms with Crippen molar-refractivity contribution in [1.29, 1.82) is 0 Å². The first-order valence-corrected chi connectivity index (χ1v) is 4.10. The van der Waals surface area contributed by atoms with Crippen LogP contribution < -0.4 is 5.23 Å². The van der Waals surface area contributed by atoms with Gasteiger partial charge in [0.25, 0.3) is 0 Å². The summed E-state index contributed by atoms with van der Waals surface area (Å²) in [6.07, 6.45) is 4.41. The Labute approximate surface area is 69.2 Å². The van der Waals surface area contributed by atoms with Gasteiger partial charge in [-0.1, -0.05) is 0 Å². The SMILES string of the molecule is C=BNC1CCCN(C=C)C1. The minimum atomic E-state index is 0.569. The first kappa shape index (κ1) is 8.37. The van der Waals surface area contributed by atoms with Crippen molar-refractivity contribution in [2.75, 3.05) is 13.1 Å². The summed E-state index contributed by atoms with van der Waals surface area (Å²) < 4.78 is 0. The Balaban J connectivity index is 2.32. The Morgan fingerprint density at radius 3 is 3.09 bits per heavy atom. The molecule has 0 spiro atoms. The van der Waals surface area contributed by atoms with Gasteiger partial charge in [-0.15, -0.1) is 0 Å². The molecule has 0 aromatic heterocycles. The molecular weight excluding hydrogens is 135 g/mol. The number of nitrogens with one attached hydrogen (secondary N) is 1. The van der Waals surface area contributed by atoms with Crippen LogP contribution in [0.5, 0.6) is 0 Å². The van der Waals surface area contributed by atoms with Crippen LogP contribution in [0.2, 0.25) is 0 Å². The zero-order chi connectivity index (χ0) is 8.10. The second-order valence-electron chi connectivity index (χ2n) is 2.89. The monoisotopic (exact) mass is 150 g/mol. The van der Waals surface area contributed by atoms with Crippen LogP contribution in [-0.4, -0.2) is 37.6 Å². The van der Waals surface area contributed by atoms with Gasteiger partial charge in [0, 0.05) is 0 Å². The van der Waals surface area contributed by atoms with Crippen molar-refractivity contribution >= 4 is 13.5 Å². The Morgan fingerprint density at radius 2 is 2.45 bits per heavy atom. The molecule has 0 aromatic rings. The first-order chi connectivity index (χ1) is 5.36. The Morgan fingerprint density at radius 1 is 1.64 bits per heavy atom. The van der Waals surface area contributed by atoms with Gasteiger partial charge in [-0.3, -0.25) is 0 Å². The van der Waals surface area contributed by atoms with Crippen LogP contribution in [0.1, 0.15) is 12.8 Å². The molecule has 1 N–H and O–H groups in total. The number of likely N-dealkylation sites (tertiary alicyclic amines) is 1. The summed E-state index contributed by atoms with van der Waals surface area (Å²) in [6, 6.07) is 0.569. The van der Waals surface area contributed by atoms with E-state index in [1.807, 2.05) is 6.20 Å².